The molecule has 0 N–H and O–H groups in total. The summed E-state index contributed by atoms with van der Waals surface area (Å²) < 4.78 is 39.7. The minimum Gasteiger partial charge on any atom is -0.254 e. The number of halogens is 4. The van der Waals surface area contributed by atoms with Gasteiger partial charge in [-0.15, -0.1) is 0 Å². The van der Waals surface area contributed by atoms with E-state index in [4.69, 9.17) is 0 Å². The molecule has 0 aromatic carbocycles. The van der Waals surface area contributed by atoms with Crippen molar-refractivity contribution in [1.82, 2.24) is 19.7 Å². The molecule has 0 bridgehead atoms. The van der Waals surface area contributed by atoms with Crippen molar-refractivity contribution >= 4 is 27.0 Å². The van der Waals surface area contributed by atoms with Crippen molar-refractivity contribution in [1.29, 1.82) is 0 Å². The smallest absolute Gasteiger partial charge is 0.254 e. The standard InChI is InChI=1S/C12H6BrF3N4/c13-8-3-9-11(18-5-8)10(1-2-17-9)20-6-7(4-19-20)12(14,15)16/h1-6H. The normalized spacial score (nSPS) is 12.0. The van der Waals surface area contributed by atoms with Gasteiger partial charge in [0.15, 0.2) is 0 Å². The molecule has 102 valence electrons. The van der Waals surface area contributed by atoms with Crippen LogP contribution in [0.3, 0.4) is 0 Å². The zero-order chi connectivity index (χ0) is 14.3. The van der Waals surface area contributed by atoms with Gasteiger partial charge in [0.05, 0.1) is 23.0 Å². The lowest BCUT2D eigenvalue weighted by Gasteiger charge is -2.05. The Morgan fingerprint density at radius 1 is 1.15 bits per heavy atom. The lowest BCUT2D eigenvalue weighted by atomic mass is 10.3. The van der Waals surface area contributed by atoms with Crippen LogP contribution >= 0.6 is 15.9 Å². The third-order valence-corrected chi connectivity index (χ3v) is 3.11. The third-order valence-electron chi connectivity index (χ3n) is 2.68. The van der Waals surface area contributed by atoms with E-state index in [-0.39, 0.29) is 0 Å². The van der Waals surface area contributed by atoms with Crippen LogP contribution in [-0.4, -0.2) is 19.7 Å². The van der Waals surface area contributed by atoms with Crippen molar-refractivity contribution in [2.45, 2.75) is 6.18 Å². The Kier molecular flexibility index (Phi) is 2.97. The number of hydrogen-bond donors (Lipinski definition) is 0. The average molecular weight is 343 g/mol. The molecular weight excluding hydrogens is 337 g/mol. The van der Waals surface area contributed by atoms with E-state index in [1.54, 1.807) is 18.3 Å². The van der Waals surface area contributed by atoms with Crippen LogP contribution in [0.25, 0.3) is 16.7 Å². The van der Waals surface area contributed by atoms with Gasteiger partial charge < -0.3 is 0 Å². The van der Waals surface area contributed by atoms with Gasteiger partial charge in [0.2, 0.25) is 0 Å². The zero-order valence-electron chi connectivity index (χ0n) is 9.76. The van der Waals surface area contributed by atoms with E-state index < -0.39 is 11.7 Å². The highest BCUT2D eigenvalue weighted by atomic mass is 79.9. The first-order valence-corrected chi connectivity index (χ1v) is 6.27. The Morgan fingerprint density at radius 3 is 2.65 bits per heavy atom. The predicted molar refractivity (Wildman–Crippen MR) is 69.4 cm³/mol. The van der Waals surface area contributed by atoms with Gasteiger partial charge in [-0.2, -0.15) is 18.3 Å². The van der Waals surface area contributed by atoms with E-state index in [2.05, 4.69) is 31.0 Å². The van der Waals surface area contributed by atoms with Gasteiger partial charge in [0.25, 0.3) is 0 Å². The lowest BCUT2D eigenvalue weighted by Crippen LogP contribution is -2.03. The Hall–Kier alpha value is -1.96. The van der Waals surface area contributed by atoms with Crippen molar-refractivity contribution in [2.75, 3.05) is 0 Å². The minimum atomic E-state index is -4.42. The molecule has 0 aliphatic heterocycles. The third kappa shape index (κ3) is 2.26. The summed E-state index contributed by atoms with van der Waals surface area (Å²) in [5.74, 6) is 0. The molecule has 4 nitrogen and oxygen atoms in total. The van der Waals surface area contributed by atoms with Crippen molar-refractivity contribution in [3.8, 4) is 5.69 Å². The molecule has 0 unspecified atom stereocenters. The summed E-state index contributed by atoms with van der Waals surface area (Å²) >= 11 is 3.27. The first kappa shape index (κ1) is 13.0. The number of pyridine rings is 2. The van der Waals surface area contributed by atoms with E-state index in [1.165, 1.54) is 6.20 Å². The molecule has 3 rings (SSSR count). The predicted octanol–water partition coefficient (Wildman–Crippen LogP) is 3.60. The van der Waals surface area contributed by atoms with Crippen LogP contribution in [-0.2, 0) is 6.18 Å². The summed E-state index contributed by atoms with van der Waals surface area (Å²) in [5.41, 5.74) is 0.686. The highest BCUT2D eigenvalue weighted by Crippen LogP contribution is 2.30. The van der Waals surface area contributed by atoms with Gasteiger partial charge in [0.1, 0.15) is 5.52 Å². The molecule has 0 saturated heterocycles. The van der Waals surface area contributed by atoms with E-state index in [0.29, 0.717) is 16.7 Å². The van der Waals surface area contributed by atoms with Crippen molar-refractivity contribution in [3.05, 3.63) is 47.0 Å². The molecule has 0 amide bonds. The van der Waals surface area contributed by atoms with Gasteiger partial charge in [0, 0.05) is 23.1 Å². The summed E-state index contributed by atoms with van der Waals surface area (Å²) in [6.07, 6.45) is 0.351. The molecule has 0 fully saturated rings. The van der Waals surface area contributed by atoms with Crippen LogP contribution in [0.5, 0.6) is 0 Å². The number of hydrogen-bond acceptors (Lipinski definition) is 3. The van der Waals surface area contributed by atoms with E-state index in [1.807, 2.05) is 0 Å². The second kappa shape index (κ2) is 4.55. The largest absolute Gasteiger partial charge is 0.419 e. The van der Waals surface area contributed by atoms with Crippen LogP contribution in [0.4, 0.5) is 13.2 Å². The van der Waals surface area contributed by atoms with Gasteiger partial charge in [-0.25, -0.2) is 4.68 Å². The maximum atomic E-state index is 12.6. The molecule has 0 aliphatic rings. The van der Waals surface area contributed by atoms with Crippen LogP contribution in [0.15, 0.2) is 41.4 Å². The second-order valence-electron chi connectivity index (χ2n) is 4.02. The van der Waals surface area contributed by atoms with Crippen LogP contribution in [0.2, 0.25) is 0 Å². The Bertz CT molecular complexity index is 782. The first-order chi connectivity index (χ1) is 9.45. The lowest BCUT2D eigenvalue weighted by molar-refractivity contribution is -0.137. The highest BCUT2D eigenvalue weighted by molar-refractivity contribution is 9.10. The Morgan fingerprint density at radius 2 is 1.95 bits per heavy atom. The number of nitrogens with zero attached hydrogens (tertiary/aromatic N) is 4. The number of alkyl halides is 3. The molecule has 20 heavy (non-hydrogen) atoms. The van der Waals surface area contributed by atoms with E-state index >= 15 is 0 Å². The second-order valence-corrected chi connectivity index (χ2v) is 4.94. The first-order valence-electron chi connectivity index (χ1n) is 5.47. The number of fused-ring (bicyclic) bond motifs is 1. The molecular formula is C12H6BrF3N4. The fourth-order valence-electron chi connectivity index (χ4n) is 1.78. The molecule has 8 heteroatoms. The molecule has 3 aromatic rings. The van der Waals surface area contributed by atoms with Gasteiger partial charge in [-0.05, 0) is 28.1 Å². The molecule has 0 spiro atoms. The van der Waals surface area contributed by atoms with Crippen molar-refractivity contribution in [3.63, 3.8) is 0 Å². The van der Waals surface area contributed by atoms with Crippen LogP contribution in [0.1, 0.15) is 5.56 Å². The minimum absolute atomic E-state index is 0.443. The van der Waals surface area contributed by atoms with Crippen LogP contribution in [0, 0.1) is 0 Å². The summed E-state index contributed by atoms with van der Waals surface area (Å²) in [6, 6.07) is 3.30. The van der Waals surface area contributed by atoms with Crippen molar-refractivity contribution < 1.29 is 13.2 Å². The monoisotopic (exact) mass is 342 g/mol. The maximum Gasteiger partial charge on any atom is 0.419 e. The fourth-order valence-corrected chi connectivity index (χ4v) is 2.10. The molecule has 0 aliphatic carbocycles. The average Bonchev–Trinajstić information content (AvgIpc) is 2.87. The van der Waals surface area contributed by atoms with E-state index in [0.717, 1.165) is 21.5 Å². The number of rotatable bonds is 1. The van der Waals surface area contributed by atoms with Gasteiger partial charge in [-0.1, -0.05) is 0 Å². The molecule has 3 heterocycles. The summed E-state index contributed by atoms with van der Waals surface area (Å²) in [4.78, 5) is 8.30. The summed E-state index contributed by atoms with van der Waals surface area (Å²) in [6.45, 7) is 0. The van der Waals surface area contributed by atoms with Crippen LogP contribution < -0.4 is 0 Å². The van der Waals surface area contributed by atoms with Crippen molar-refractivity contribution in [2.24, 2.45) is 0 Å². The molecule has 0 saturated carbocycles. The SMILES string of the molecule is FC(F)(F)c1cnn(-c2ccnc3cc(Br)cnc23)c1. The molecule has 3 aromatic heterocycles. The van der Waals surface area contributed by atoms with Gasteiger partial charge >= 0.3 is 6.18 Å². The molecule has 0 radical (unpaired) electrons. The Labute approximate surface area is 119 Å². The quantitative estimate of drug-likeness (QED) is 0.678. The maximum absolute atomic E-state index is 12.6. The zero-order valence-corrected chi connectivity index (χ0v) is 11.4. The van der Waals surface area contributed by atoms with Gasteiger partial charge in [-0.3, -0.25) is 9.97 Å². The van der Waals surface area contributed by atoms with E-state index in [9.17, 15) is 13.2 Å². The summed E-state index contributed by atoms with van der Waals surface area (Å²) in [7, 11) is 0. The fraction of sp³-hybridized carbons (Fsp3) is 0.0833. The molecule has 0 atom stereocenters. The Balaban J connectivity index is 2.17. The highest BCUT2D eigenvalue weighted by Gasteiger charge is 2.32. The topological polar surface area (TPSA) is 43.6 Å². The summed E-state index contributed by atoms with van der Waals surface area (Å²) in [5, 5.41) is 3.74. The number of aromatic nitrogens is 4.